The van der Waals surface area contributed by atoms with E-state index in [9.17, 15) is 19.2 Å². The Morgan fingerprint density at radius 3 is 1.35 bits per heavy atom. The molecule has 2 aromatic carbocycles. The van der Waals surface area contributed by atoms with Crippen LogP contribution in [0.25, 0.3) is 0 Å². The van der Waals surface area contributed by atoms with Crippen molar-refractivity contribution >= 4 is 23.8 Å². The maximum atomic E-state index is 11.9. The first-order chi connectivity index (χ1) is 12.5. The molecule has 0 aromatic heterocycles. The van der Waals surface area contributed by atoms with E-state index < -0.39 is 23.8 Å². The lowest BCUT2D eigenvalue weighted by Gasteiger charge is -2.10. The Kier molecular flexibility index (Phi) is 5.98. The van der Waals surface area contributed by atoms with Gasteiger partial charge in [0.15, 0.2) is 0 Å². The Labute approximate surface area is 147 Å². The highest BCUT2D eigenvalue weighted by Gasteiger charge is 2.24. The summed E-state index contributed by atoms with van der Waals surface area (Å²) in [4.78, 5) is 47.2. The normalized spacial score (nSPS) is 9.77. The van der Waals surface area contributed by atoms with E-state index in [-0.39, 0.29) is 22.6 Å². The summed E-state index contributed by atoms with van der Waals surface area (Å²) in [5.41, 5.74) is 3.66. The van der Waals surface area contributed by atoms with Gasteiger partial charge in [0.2, 0.25) is 0 Å². The van der Waals surface area contributed by atoms with Crippen molar-refractivity contribution < 1.29 is 28.7 Å². The number of ether oxygens (including phenoxy) is 2. The number of hydrazine groups is 2. The number of hydrogen-bond donors (Lipinski definition) is 4. The van der Waals surface area contributed by atoms with Crippen molar-refractivity contribution in [3.8, 4) is 11.5 Å². The van der Waals surface area contributed by atoms with Gasteiger partial charge in [-0.1, -0.05) is 24.3 Å². The van der Waals surface area contributed by atoms with Gasteiger partial charge in [0.25, 0.3) is 11.8 Å². The minimum Gasteiger partial charge on any atom is -0.417 e. The number of carbonyl (C=O) groups is 4. The van der Waals surface area contributed by atoms with Crippen LogP contribution in [0.2, 0.25) is 0 Å². The van der Waals surface area contributed by atoms with Gasteiger partial charge in [-0.25, -0.2) is 21.3 Å². The average Bonchev–Trinajstić information content (AvgIpc) is 2.67. The highest BCUT2D eigenvalue weighted by Crippen LogP contribution is 2.20. The molecule has 0 aliphatic rings. The fourth-order valence-corrected chi connectivity index (χ4v) is 1.93. The standard InChI is InChI=1S/C16H14N4O6/c17-19-13(21)9-5-1-3-7-11(9)25-15(23)16(24)26-12-8-4-2-6-10(12)14(22)20-18/h1-8H,17-18H2,(H,19,21)(H,20,22). The smallest absolute Gasteiger partial charge is 0.417 e. The predicted octanol–water partition coefficient (Wildman–Crippen LogP) is -0.595. The van der Waals surface area contributed by atoms with Crippen molar-refractivity contribution in [2.24, 2.45) is 11.7 Å². The zero-order valence-corrected chi connectivity index (χ0v) is 13.2. The second-order valence-electron chi connectivity index (χ2n) is 4.72. The highest BCUT2D eigenvalue weighted by molar-refractivity contribution is 6.31. The van der Waals surface area contributed by atoms with Crippen molar-refractivity contribution in [1.29, 1.82) is 0 Å². The summed E-state index contributed by atoms with van der Waals surface area (Å²) in [6.07, 6.45) is 0. The van der Waals surface area contributed by atoms with Crippen LogP contribution >= 0.6 is 0 Å². The molecule has 0 heterocycles. The summed E-state index contributed by atoms with van der Waals surface area (Å²) in [6, 6.07) is 11.3. The van der Waals surface area contributed by atoms with Gasteiger partial charge in [-0.15, -0.1) is 0 Å². The van der Waals surface area contributed by atoms with Gasteiger partial charge in [-0.3, -0.25) is 20.4 Å². The van der Waals surface area contributed by atoms with E-state index in [1.165, 1.54) is 48.5 Å². The zero-order valence-electron chi connectivity index (χ0n) is 13.2. The van der Waals surface area contributed by atoms with Gasteiger partial charge >= 0.3 is 11.9 Å². The molecule has 0 atom stereocenters. The molecule has 0 saturated carbocycles. The third-order valence-corrected chi connectivity index (χ3v) is 3.10. The lowest BCUT2D eigenvalue weighted by molar-refractivity contribution is -0.156. The van der Waals surface area contributed by atoms with E-state index in [0.717, 1.165) is 0 Å². The van der Waals surface area contributed by atoms with E-state index in [4.69, 9.17) is 21.2 Å². The second kappa shape index (κ2) is 8.37. The van der Waals surface area contributed by atoms with Crippen LogP contribution in [0.15, 0.2) is 48.5 Å². The molecule has 134 valence electrons. The molecule has 0 saturated heterocycles. The lowest BCUT2D eigenvalue weighted by Crippen LogP contribution is -2.32. The molecule has 2 amide bonds. The van der Waals surface area contributed by atoms with E-state index in [2.05, 4.69) is 0 Å². The van der Waals surface area contributed by atoms with Crippen LogP contribution < -0.4 is 32.0 Å². The first-order valence-corrected chi connectivity index (χ1v) is 7.12. The molecule has 26 heavy (non-hydrogen) atoms. The number of benzene rings is 2. The Morgan fingerprint density at radius 1 is 0.654 bits per heavy atom. The predicted molar refractivity (Wildman–Crippen MR) is 87.5 cm³/mol. The summed E-state index contributed by atoms with van der Waals surface area (Å²) in [5.74, 6) is 5.48. The van der Waals surface area contributed by atoms with Gasteiger partial charge < -0.3 is 9.47 Å². The van der Waals surface area contributed by atoms with E-state index in [0.29, 0.717) is 0 Å². The summed E-state index contributed by atoms with van der Waals surface area (Å²) >= 11 is 0. The van der Waals surface area contributed by atoms with Gasteiger partial charge in [0.05, 0.1) is 11.1 Å². The number of hydrogen-bond acceptors (Lipinski definition) is 8. The third-order valence-electron chi connectivity index (χ3n) is 3.10. The number of esters is 2. The molecular weight excluding hydrogens is 344 g/mol. The van der Waals surface area contributed by atoms with Crippen molar-refractivity contribution in [2.45, 2.75) is 0 Å². The van der Waals surface area contributed by atoms with E-state index >= 15 is 0 Å². The van der Waals surface area contributed by atoms with E-state index in [1.54, 1.807) is 0 Å². The van der Waals surface area contributed by atoms with Crippen molar-refractivity contribution in [1.82, 2.24) is 10.9 Å². The highest BCUT2D eigenvalue weighted by atomic mass is 16.6. The molecule has 0 bridgehead atoms. The molecule has 10 nitrogen and oxygen atoms in total. The maximum Gasteiger partial charge on any atom is 0.423 e. The first kappa shape index (κ1) is 18.6. The number of nitrogens with one attached hydrogen (secondary N) is 2. The largest absolute Gasteiger partial charge is 0.423 e. The minimum atomic E-state index is -1.40. The summed E-state index contributed by atoms with van der Waals surface area (Å²) in [7, 11) is 0. The Balaban J connectivity index is 2.17. The van der Waals surface area contributed by atoms with Crippen LogP contribution in [0.3, 0.4) is 0 Å². The second-order valence-corrected chi connectivity index (χ2v) is 4.72. The SMILES string of the molecule is NNC(=O)c1ccccc1OC(=O)C(=O)Oc1ccccc1C(=O)NN. The van der Waals surface area contributed by atoms with Crippen LogP contribution in [-0.4, -0.2) is 23.8 Å². The quantitative estimate of drug-likeness (QED) is 0.141. The molecule has 0 aliphatic heterocycles. The summed E-state index contributed by atoms with van der Waals surface area (Å²) in [6.45, 7) is 0. The Bertz CT molecular complexity index is 796. The Morgan fingerprint density at radius 2 is 1.00 bits per heavy atom. The van der Waals surface area contributed by atoms with Crippen LogP contribution in [0.4, 0.5) is 0 Å². The molecule has 0 radical (unpaired) electrons. The monoisotopic (exact) mass is 358 g/mol. The minimum absolute atomic E-state index is 0.0564. The maximum absolute atomic E-state index is 11.9. The molecular formula is C16H14N4O6. The van der Waals surface area contributed by atoms with Crippen LogP contribution in [0.1, 0.15) is 20.7 Å². The molecule has 0 fully saturated rings. The lowest BCUT2D eigenvalue weighted by atomic mass is 10.2. The van der Waals surface area contributed by atoms with Crippen molar-refractivity contribution in [3.05, 3.63) is 59.7 Å². The van der Waals surface area contributed by atoms with Gasteiger partial charge in [0, 0.05) is 0 Å². The van der Waals surface area contributed by atoms with Gasteiger partial charge in [-0.2, -0.15) is 0 Å². The van der Waals surface area contributed by atoms with Gasteiger partial charge in [-0.05, 0) is 24.3 Å². The molecule has 6 N–H and O–H groups in total. The van der Waals surface area contributed by atoms with Crippen LogP contribution in [0.5, 0.6) is 11.5 Å². The third kappa shape index (κ3) is 4.20. The van der Waals surface area contributed by atoms with Crippen molar-refractivity contribution in [3.63, 3.8) is 0 Å². The number of nitrogens with two attached hydrogens (primary N) is 2. The van der Waals surface area contributed by atoms with Crippen LogP contribution in [-0.2, 0) is 9.59 Å². The number of carbonyl (C=O) groups excluding carboxylic acids is 4. The molecule has 2 aromatic rings. The molecule has 0 aliphatic carbocycles. The van der Waals surface area contributed by atoms with Crippen molar-refractivity contribution in [2.75, 3.05) is 0 Å². The van der Waals surface area contributed by atoms with Gasteiger partial charge in [0.1, 0.15) is 11.5 Å². The fraction of sp³-hybridized carbons (Fsp3) is 0. The average molecular weight is 358 g/mol. The molecule has 0 unspecified atom stereocenters. The summed E-state index contributed by atoms with van der Waals surface area (Å²) in [5, 5.41) is 0. The topological polar surface area (TPSA) is 163 Å². The zero-order chi connectivity index (χ0) is 19.1. The fourth-order valence-electron chi connectivity index (χ4n) is 1.93. The van der Waals surface area contributed by atoms with Crippen LogP contribution in [0, 0.1) is 0 Å². The number of rotatable bonds is 4. The first-order valence-electron chi connectivity index (χ1n) is 7.12. The Hall–Kier alpha value is -3.76. The molecule has 2 rings (SSSR count). The molecule has 0 spiro atoms. The number of amides is 2. The molecule has 10 heteroatoms. The number of nitrogen functional groups attached to an aromatic ring is 2. The summed E-state index contributed by atoms with van der Waals surface area (Å²) < 4.78 is 9.75. The van der Waals surface area contributed by atoms with E-state index in [1.807, 2.05) is 10.9 Å². The number of para-hydroxylation sites is 2.